The number of rotatable bonds is 2. The van der Waals surface area contributed by atoms with Gasteiger partial charge in [0, 0.05) is 0 Å². The van der Waals surface area contributed by atoms with Gasteiger partial charge in [0.2, 0.25) is 5.96 Å². The molecule has 1 aromatic rings. The zero-order chi connectivity index (χ0) is 13.9. The quantitative estimate of drug-likeness (QED) is 0.456. The lowest BCUT2D eigenvalue weighted by Crippen LogP contribution is -2.26. The first-order chi connectivity index (χ1) is 8.32. The monoisotopic (exact) mass is 273 g/mol. The molecule has 0 unspecified atom stereocenters. The van der Waals surface area contributed by atoms with E-state index in [-0.39, 0.29) is 5.02 Å². The van der Waals surface area contributed by atoms with Crippen molar-refractivity contribution in [1.82, 2.24) is 0 Å². The lowest BCUT2D eigenvalue weighted by atomic mass is 10.1. The second-order valence-corrected chi connectivity index (χ2v) is 3.47. The molecule has 0 spiro atoms. The number of hydrogen-bond donors (Lipinski definition) is 4. The Hall–Kier alpha value is -2.35. The van der Waals surface area contributed by atoms with Gasteiger partial charge in [-0.25, -0.2) is 14.2 Å². The number of nitrogens with two attached hydrogens (primary N) is 3. The Morgan fingerprint density at radius 1 is 1.33 bits per heavy atom. The van der Waals surface area contributed by atoms with Crippen LogP contribution in [0.3, 0.4) is 0 Å². The molecular formula is C9H9ClFN5O2. The molecule has 0 amide bonds. The molecule has 9 heteroatoms. The number of guanidine groups is 2. The summed E-state index contributed by atoms with van der Waals surface area (Å²) in [4.78, 5) is 17.8. The maximum atomic E-state index is 13.5. The molecule has 0 saturated heterocycles. The standard InChI is InChI=1S/C9H9ClFN5O2/c10-3-1-2-4(11)6(5(3)7(17)18)15-9(14)16-8(12)13/h1-2H,(H,17,18)(H6,12,13,14,15,16). The molecule has 1 aromatic carbocycles. The summed E-state index contributed by atoms with van der Waals surface area (Å²) in [6, 6.07) is 2.05. The lowest BCUT2D eigenvalue weighted by molar-refractivity contribution is 0.0697. The highest BCUT2D eigenvalue weighted by atomic mass is 35.5. The summed E-state index contributed by atoms with van der Waals surface area (Å²) in [5, 5.41) is 8.74. The minimum absolute atomic E-state index is 0.180. The molecule has 0 saturated carbocycles. The molecule has 0 bridgehead atoms. The Balaban J connectivity index is 3.45. The molecule has 96 valence electrons. The summed E-state index contributed by atoms with van der Waals surface area (Å²) in [5.74, 6) is -3.24. The van der Waals surface area contributed by atoms with Crippen molar-refractivity contribution in [2.45, 2.75) is 0 Å². The topological polar surface area (TPSA) is 140 Å². The van der Waals surface area contributed by atoms with Gasteiger partial charge in [-0.2, -0.15) is 4.99 Å². The van der Waals surface area contributed by atoms with Crippen LogP contribution in [0.4, 0.5) is 10.1 Å². The van der Waals surface area contributed by atoms with E-state index in [9.17, 15) is 9.18 Å². The number of benzene rings is 1. The molecule has 18 heavy (non-hydrogen) atoms. The zero-order valence-electron chi connectivity index (χ0n) is 8.89. The Labute approximate surface area is 106 Å². The van der Waals surface area contributed by atoms with Crippen molar-refractivity contribution in [2.24, 2.45) is 27.2 Å². The maximum absolute atomic E-state index is 13.5. The average molecular weight is 274 g/mol. The van der Waals surface area contributed by atoms with Gasteiger partial charge in [-0.05, 0) is 12.1 Å². The molecule has 1 rings (SSSR count). The van der Waals surface area contributed by atoms with Crippen LogP contribution in [0.25, 0.3) is 0 Å². The molecule has 0 aliphatic rings. The third-order valence-electron chi connectivity index (χ3n) is 1.76. The van der Waals surface area contributed by atoms with E-state index in [1.807, 2.05) is 0 Å². The van der Waals surface area contributed by atoms with Crippen LogP contribution in [0.1, 0.15) is 10.4 Å². The molecular weight excluding hydrogens is 265 g/mol. The zero-order valence-corrected chi connectivity index (χ0v) is 9.65. The van der Waals surface area contributed by atoms with E-state index < -0.39 is 35.0 Å². The van der Waals surface area contributed by atoms with Gasteiger partial charge in [0.05, 0.1) is 5.02 Å². The van der Waals surface area contributed by atoms with Gasteiger partial charge in [-0.1, -0.05) is 11.6 Å². The fourth-order valence-corrected chi connectivity index (χ4v) is 1.36. The fourth-order valence-electron chi connectivity index (χ4n) is 1.13. The van der Waals surface area contributed by atoms with E-state index in [2.05, 4.69) is 9.98 Å². The number of nitrogens with zero attached hydrogens (tertiary/aromatic N) is 2. The summed E-state index contributed by atoms with van der Waals surface area (Å²) in [5.41, 5.74) is 14.3. The molecule has 0 heterocycles. The highest BCUT2D eigenvalue weighted by molar-refractivity contribution is 6.34. The molecule has 0 aromatic heterocycles. The van der Waals surface area contributed by atoms with Gasteiger partial charge < -0.3 is 22.3 Å². The Morgan fingerprint density at radius 3 is 2.44 bits per heavy atom. The number of aliphatic imine (C=N–C) groups is 2. The van der Waals surface area contributed by atoms with E-state index in [4.69, 9.17) is 33.9 Å². The Morgan fingerprint density at radius 2 is 1.94 bits per heavy atom. The van der Waals surface area contributed by atoms with Gasteiger partial charge >= 0.3 is 5.97 Å². The van der Waals surface area contributed by atoms with Crippen LogP contribution in [-0.4, -0.2) is 23.0 Å². The van der Waals surface area contributed by atoms with Crippen LogP contribution < -0.4 is 17.2 Å². The number of carbonyl (C=O) groups is 1. The van der Waals surface area contributed by atoms with Gasteiger partial charge in [0.25, 0.3) is 0 Å². The van der Waals surface area contributed by atoms with Gasteiger partial charge in [0.1, 0.15) is 17.1 Å². The van der Waals surface area contributed by atoms with Crippen molar-refractivity contribution < 1.29 is 14.3 Å². The maximum Gasteiger partial charge on any atom is 0.339 e. The first-order valence-electron chi connectivity index (χ1n) is 4.48. The van der Waals surface area contributed by atoms with Crippen molar-refractivity contribution in [3.63, 3.8) is 0 Å². The lowest BCUT2D eigenvalue weighted by Gasteiger charge is -2.05. The summed E-state index contributed by atoms with van der Waals surface area (Å²) in [6.07, 6.45) is 0. The Kier molecular flexibility index (Phi) is 4.05. The first-order valence-corrected chi connectivity index (χ1v) is 4.85. The largest absolute Gasteiger partial charge is 0.478 e. The van der Waals surface area contributed by atoms with Crippen LogP contribution in [0.5, 0.6) is 0 Å². The molecule has 0 aliphatic heterocycles. The van der Waals surface area contributed by atoms with Crippen molar-refractivity contribution in [3.8, 4) is 0 Å². The second-order valence-electron chi connectivity index (χ2n) is 3.06. The van der Waals surface area contributed by atoms with Crippen LogP contribution in [0.2, 0.25) is 5.02 Å². The SMILES string of the molecule is NC(N)=NC(N)=Nc1c(F)ccc(Cl)c1C(=O)O. The molecule has 0 fully saturated rings. The normalized spacial score (nSPS) is 11.1. The second kappa shape index (κ2) is 5.32. The van der Waals surface area contributed by atoms with E-state index in [0.29, 0.717) is 0 Å². The minimum atomic E-state index is -1.45. The van der Waals surface area contributed by atoms with E-state index >= 15 is 0 Å². The van der Waals surface area contributed by atoms with Crippen molar-refractivity contribution in [1.29, 1.82) is 0 Å². The van der Waals surface area contributed by atoms with Crippen LogP contribution in [0.15, 0.2) is 22.1 Å². The Bertz CT molecular complexity index is 554. The van der Waals surface area contributed by atoms with Crippen LogP contribution in [-0.2, 0) is 0 Å². The van der Waals surface area contributed by atoms with E-state index in [1.54, 1.807) is 0 Å². The predicted molar refractivity (Wildman–Crippen MR) is 65.5 cm³/mol. The number of halogens is 2. The van der Waals surface area contributed by atoms with Crippen LogP contribution in [0, 0.1) is 5.82 Å². The summed E-state index contributed by atoms with van der Waals surface area (Å²) in [7, 11) is 0. The summed E-state index contributed by atoms with van der Waals surface area (Å²) in [6.45, 7) is 0. The molecule has 7 N–H and O–H groups in total. The fraction of sp³-hybridized carbons (Fsp3) is 0. The van der Waals surface area contributed by atoms with Gasteiger partial charge in [0.15, 0.2) is 5.96 Å². The molecule has 0 radical (unpaired) electrons. The average Bonchev–Trinajstić information content (AvgIpc) is 2.21. The third kappa shape index (κ3) is 3.08. The highest BCUT2D eigenvalue weighted by Gasteiger charge is 2.18. The van der Waals surface area contributed by atoms with Gasteiger partial charge in [-0.3, -0.25) is 0 Å². The van der Waals surface area contributed by atoms with Crippen molar-refractivity contribution in [3.05, 3.63) is 28.5 Å². The number of aromatic carboxylic acids is 1. The van der Waals surface area contributed by atoms with E-state index in [0.717, 1.165) is 12.1 Å². The number of carboxylic acid groups (broad SMARTS) is 1. The van der Waals surface area contributed by atoms with Crippen molar-refractivity contribution >= 4 is 35.2 Å². The van der Waals surface area contributed by atoms with Gasteiger partial charge in [-0.15, -0.1) is 0 Å². The highest BCUT2D eigenvalue weighted by Crippen LogP contribution is 2.29. The molecule has 0 atom stereocenters. The summed E-state index contributed by atoms with van der Waals surface area (Å²) < 4.78 is 13.5. The minimum Gasteiger partial charge on any atom is -0.478 e. The smallest absolute Gasteiger partial charge is 0.339 e. The van der Waals surface area contributed by atoms with Crippen molar-refractivity contribution in [2.75, 3.05) is 0 Å². The van der Waals surface area contributed by atoms with E-state index in [1.165, 1.54) is 0 Å². The first kappa shape index (κ1) is 13.7. The number of hydrogen-bond acceptors (Lipinski definition) is 2. The van der Waals surface area contributed by atoms with Crippen LogP contribution >= 0.6 is 11.6 Å². The third-order valence-corrected chi connectivity index (χ3v) is 2.08. The number of carboxylic acids is 1. The summed E-state index contributed by atoms with van der Waals surface area (Å²) >= 11 is 5.64. The molecule has 0 aliphatic carbocycles. The predicted octanol–water partition coefficient (Wildman–Crippen LogP) is 0.397. The molecule has 7 nitrogen and oxygen atoms in total.